The van der Waals surface area contributed by atoms with E-state index in [0.29, 0.717) is 0 Å². The molecule has 5 atom stereocenters. The zero-order valence-corrected chi connectivity index (χ0v) is 11.0. The van der Waals surface area contributed by atoms with Gasteiger partial charge >= 0.3 is 11.9 Å². The number of aliphatic hydroxyl groups is 3. The minimum absolute atomic E-state index is 0.186. The first-order chi connectivity index (χ1) is 10.3. The predicted octanol–water partition coefficient (Wildman–Crippen LogP) is -1.13. The highest BCUT2D eigenvalue weighted by Gasteiger charge is 2.49. The van der Waals surface area contributed by atoms with Gasteiger partial charge in [-0.15, -0.1) is 0 Å². The summed E-state index contributed by atoms with van der Waals surface area (Å²) in [5.74, 6) is -3.37. The molecule has 0 unspecified atom stereocenters. The Morgan fingerprint density at radius 2 is 1.86 bits per heavy atom. The molecule has 1 aliphatic heterocycles. The Balaban J connectivity index is 2.12. The first-order valence-electron chi connectivity index (χ1n) is 6.20. The van der Waals surface area contributed by atoms with E-state index in [-0.39, 0.29) is 5.56 Å². The molecule has 9 heteroatoms. The normalized spacial score (nSPS) is 31.5. The summed E-state index contributed by atoms with van der Waals surface area (Å²) in [6.45, 7) is 0. The third kappa shape index (κ3) is 3.22. The zero-order valence-electron chi connectivity index (χ0n) is 11.0. The topological polar surface area (TPSA) is 134 Å². The number of aliphatic hydroxyl groups excluding tert-OH is 3. The van der Waals surface area contributed by atoms with Crippen LogP contribution >= 0.6 is 0 Å². The summed E-state index contributed by atoms with van der Waals surface area (Å²) in [7, 11) is 0. The maximum atomic E-state index is 13.0. The Morgan fingerprint density at radius 1 is 1.18 bits per heavy atom. The molecule has 1 aromatic rings. The van der Waals surface area contributed by atoms with Crippen molar-refractivity contribution in [2.45, 2.75) is 30.7 Å². The SMILES string of the molecule is O=C(O[C@@H]1[C@@H](O)[C@H](O)[C@@H](C(=O)O)O[C@@H]1O)c1cccc(F)c1. The van der Waals surface area contributed by atoms with E-state index in [2.05, 4.69) is 4.74 Å². The number of aliphatic carboxylic acids is 1. The molecule has 4 N–H and O–H groups in total. The molecule has 0 saturated carbocycles. The van der Waals surface area contributed by atoms with Crippen molar-refractivity contribution in [3.05, 3.63) is 35.6 Å². The maximum Gasteiger partial charge on any atom is 0.338 e. The number of halogens is 1. The summed E-state index contributed by atoms with van der Waals surface area (Å²) in [5.41, 5.74) is -0.186. The van der Waals surface area contributed by atoms with E-state index in [1.165, 1.54) is 12.1 Å². The maximum absolute atomic E-state index is 13.0. The van der Waals surface area contributed by atoms with Crippen molar-refractivity contribution in [1.29, 1.82) is 0 Å². The van der Waals surface area contributed by atoms with E-state index in [4.69, 9.17) is 9.84 Å². The molecule has 22 heavy (non-hydrogen) atoms. The van der Waals surface area contributed by atoms with Gasteiger partial charge in [0.05, 0.1) is 5.56 Å². The number of carbonyl (C=O) groups is 2. The number of carboxylic acid groups (broad SMARTS) is 1. The van der Waals surface area contributed by atoms with Crippen molar-refractivity contribution in [2.75, 3.05) is 0 Å². The van der Waals surface area contributed by atoms with Gasteiger partial charge < -0.3 is 29.9 Å². The molecule has 0 spiro atoms. The van der Waals surface area contributed by atoms with Gasteiger partial charge in [0.2, 0.25) is 0 Å². The van der Waals surface area contributed by atoms with Crippen LogP contribution in [-0.4, -0.2) is 63.1 Å². The fourth-order valence-electron chi connectivity index (χ4n) is 1.99. The lowest BCUT2D eigenvalue weighted by Crippen LogP contribution is -2.60. The van der Waals surface area contributed by atoms with Crippen molar-refractivity contribution >= 4 is 11.9 Å². The van der Waals surface area contributed by atoms with E-state index in [1.807, 2.05) is 0 Å². The summed E-state index contributed by atoms with van der Waals surface area (Å²) < 4.78 is 22.4. The highest BCUT2D eigenvalue weighted by molar-refractivity contribution is 5.89. The molecule has 0 aliphatic carbocycles. The molecule has 1 heterocycles. The lowest BCUT2D eigenvalue weighted by atomic mass is 9.99. The molecule has 2 rings (SSSR count). The fourth-order valence-corrected chi connectivity index (χ4v) is 1.99. The number of carboxylic acids is 1. The third-order valence-corrected chi connectivity index (χ3v) is 3.11. The summed E-state index contributed by atoms with van der Waals surface area (Å²) >= 11 is 0. The van der Waals surface area contributed by atoms with Gasteiger partial charge in [-0.25, -0.2) is 14.0 Å². The molecule has 120 valence electrons. The van der Waals surface area contributed by atoms with E-state index in [1.54, 1.807) is 0 Å². The molecule has 1 aromatic carbocycles. The van der Waals surface area contributed by atoms with Gasteiger partial charge in [-0.05, 0) is 18.2 Å². The average Bonchev–Trinajstić information content (AvgIpc) is 2.46. The smallest absolute Gasteiger partial charge is 0.338 e. The van der Waals surface area contributed by atoms with E-state index in [9.17, 15) is 29.3 Å². The van der Waals surface area contributed by atoms with Crippen LogP contribution in [0.5, 0.6) is 0 Å². The van der Waals surface area contributed by atoms with E-state index >= 15 is 0 Å². The lowest BCUT2D eigenvalue weighted by molar-refractivity contribution is -0.279. The van der Waals surface area contributed by atoms with Gasteiger partial charge in [-0.2, -0.15) is 0 Å². The number of carbonyl (C=O) groups excluding carboxylic acids is 1. The molecule has 1 aliphatic rings. The number of rotatable bonds is 3. The van der Waals surface area contributed by atoms with Crippen molar-refractivity contribution in [3.8, 4) is 0 Å². The Kier molecular flexibility index (Phi) is 4.71. The third-order valence-electron chi connectivity index (χ3n) is 3.11. The Bertz CT molecular complexity index is 577. The van der Waals surface area contributed by atoms with Crippen molar-refractivity contribution in [2.24, 2.45) is 0 Å². The molecule has 0 aromatic heterocycles. The quantitative estimate of drug-likeness (QED) is 0.515. The fraction of sp³-hybridized carbons (Fsp3) is 0.385. The predicted molar refractivity (Wildman–Crippen MR) is 66.1 cm³/mol. The molecule has 0 bridgehead atoms. The van der Waals surface area contributed by atoms with Crippen molar-refractivity contribution in [3.63, 3.8) is 0 Å². The summed E-state index contributed by atoms with van der Waals surface area (Å²) in [6, 6.07) is 4.47. The number of hydrogen-bond acceptors (Lipinski definition) is 7. The second kappa shape index (κ2) is 6.36. The summed E-state index contributed by atoms with van der Waals surface area (Å²) in [6.07, 6.45) is -9.35. The highest BCUT2D eigenvalue weighted by Crippen LogP contribution is 2.23. The van der Waals surface area contributed by atoms with Crippen LogP contribution in [0.2, 0.25) is 0 Å². The van der Waals surface area contributed by atoms with Crippen molar-refractivity contribution in [1.82, 2.24) is 0 Å². The van der Waals surface area contributed by atoms with Gasteiger partial charge in [-0.1, -0.05) is 6.07 Å². The molecule has 0 radical (unpaired) electrons. The lowest BCUT2D eigenvalue weighted by Gasteiger charge is -2.38. The summed E-state index contributed by atoms with van der Waals surface area (Å²) in [4.78, 5) is 22.6. The minimum Gasteiger partial charge on any atom is -0.479 e. The van der Waals surface area contributed by atoms with Crippen LogP contribution in [0, 0.1) is 5.82 Å². The van der Waals surface area contributed by atoms with Gasteiger partial charge in [0.15, 0.2) is 18.5 Å². The highest BCUT2D eigenvalue weighted by atomic mass is 19.1. The average molecular weight is 316 g/mol. The van der Waals surface area contributed by atoms with Gasteiger partial charge in [0.25, 0.3) is 0 Å². The van der Waals surface area contributed by atoms with Crippen LogP contribution in [0.25, 0.3) is 0 Å². The number of hydrogen-bond donors (Lipinski definition) is 4. The number of ether oxygens (including phenoxy) is 2. The zero-order chi connectivity index (χ0) is 16.4. The Morgan fingerprint density at radius 3 is 2.45 bits per heavy atom. The molecular formula is C13H13FO8. The van der Waals surface area contributed by atoms with Crippen LogP contribution in [0.15, 0.2) is 24.3 Å². The first-order valence-corrected chi connectivity index (χ1v) is 6.20. The van der Waals surface area contributed by atoms with Gasteiger partial charge in [0.1, 0.15) is 18.0 Å². The second-order valence-electron chi connectivity index (χ2n) is 4.65. The van der Waals surface area contributed by atoms with Crippen LogP contribution in [-0.2, 0) is 14.3 Å². The van der Waals surface area contributed by atoms with Crippen molar-refractivity contribution < 1.29 is 43.9 Å². The van der Waals surface area contributed by atoms with Crippen LogP contribution in [0.3, 0.4) is 0 Å². The Hall–Kier alpha value is -2.07. The first kappa shape index (κ1) is 16.3. The molecular weight excluding hydrogens is 303 g/mol. The van der Waals surface area contributed by atoms with E-state index in [0.717, 1.165) is 12.1 Å². The van der Waals surface area contributed by atoms with Gasteiger partial charge in [-0.3, -0.25) is 0 Å². The van der Waals surface area contributed by atoms with E-state index < -0.39 is 48.5 Å². The van der Waals surface area contributed by atoms with Crippen LogP contribution in [0.4, 0.5) is 4.39 Å². The molecule has 8 nitrogen and oxygen atoms in total. The largest absolute Gasteiger partial charge is 0.479 e. The molecule has 0 amide bonds. The van der Waals surface area contributed by atoms with Crippen LogP contribution < -0.4 is 0 Å². The number of benzene rings is 1. The molecule has 1 fully saturated rings. The molecule has 1 saturated heterocycles. The monoisotopic (exact) mass is 316 g/mol. The minimum atomic E-state index is -1.96. The van der Waals surface area contributed by atoms with Crippen LogP contribution in [0.1, 0.15) is 10.4 Å². The number of esters is 1. The van der Waals surface area contributed by atoms with Gasteiger partial charge in [0, 0.05) is 0 Å². The summed E-state index contributed by atoms with van der Waals surface area (Å²) in [5, 5.41) is 37.8. The Labute approximate surface area is 123 Å². The second-order valence-corrected chi connectivity index (χ2v) is 4.65. The standard InChI is InChI=1S/C13H13FO8/c14-6-3-1-2-5(4-6)12(19)22-10-8(16)7(15)9(11(17)18)21-13(10)20/h1-4,7-10,13,15-16,20H,(H,17,18)/t7-,8-,9-,10+,13-/m0/s1.